The summed E-state index contributed by atoms with van der Waals surface area (Å²) in [4.78, 5) is 71.4. The largest absolute Gasteiger partial charge is 0.481 e. The Kier molecular flexibility index (Phi) is 8.51. The van der Waals surface area contributed by atoms with Gasteiger partial charge in [-0.25, -0.2) is 4.79 Å². The van der Waals surface area contributed by atoms with Crippen molar-refractivity contribution >= 4 is 35.6 Å². The first kappa shape index (κ1) is 23.8. The summed E-state index contributed by atoms with van der Waals surface area (Å²) in [5, 5.41) is 22.2. The highest BCUT2D eigenvalue weighted by Gasteiger charge is 2.39. The molecule has 1 aliphatic rings. The van der Waals surface area contributed by atoms with Gasteiger partial charge in [0, 0.05) is 6.54 Å². The van der Waals surface area contributed by atoms with Crippen LogP contribution >= 0.6 is 0 Å². The molecule has 13 nitrogen and oxygen atoms in total. The summed E-state index contributed by atoms with van der Waals surface area (Å²) in [7, 11) is 0. The molecule has 1 saturated heterocycles. The Morgan fingerprint density at radius 1 is 1.07 bits per heavy atom. The Balaban J connectivity index is 2.95. The molecule has 1 aliphatic heterocycles. The molecule has 1 heterocycles. The number of nitrogens with zero attached hydrogens (tertiary/aromatic N) is 1. The second-order valence-corrected chi connectivity index (χ2v) is 6.71. The Morgan fingerprint density at radius 2 is 1.69 bits per heavy atom. The van der Waals surface area contributed by atoms with Crippen LogP contribution in [0.5, 0.6) is 0 Å². The van der Waals surface area contributed by atoms with Crippen molar-refractivity contribution in [3.8, 4) is 0 Å². The van der Waals surface area contributed by atoms with Gasteiger partial charge < -0.3 is 37.2 Å². The Hall–Kier alpha value is -3.22. The fraction of sp³-hybridized carbons (Fsp3) is 0.625. The molecule has 8 N–H and O–H groups in total. The van der Waals surface area contributed by atoms with E-state index in [1.807, 2.05) is 0 Å². The molecular weight excluding hydrogens is 390 g/mol. The van der Waals surface area contributed by atoms with Gasteiger partial charge in [-0.05, 0) is 19.8 Å². The van der Waals surface area contributed by atoms with E-state index in [1.54, 1.807) is 0 Å². The highest BCUT2D eigenvalue weighted by atomic mass is 16.4. The molecule has 1 rings (SSSR count). The lowest BCUT2D eigenvalue weighted by molar-refractivity contribution is -0.148. The first-order valence-corrected chi connectivity index (χ1v) is 8.83. The summed E-state index contributed by atoms with van der Waals surface area (Å²) < 4.78 is 0. The van der Waals surface area contributed by atoms with Crippen LogP contribution in [-0.4, -0.2) is 81.4 Å². The summed E-state index contributed by atoms with van der Waals surface area (Å²) >= 11 is 0. The number of hydrogen-bond acceptors (Lipinski definition) is 7. The smallest absolute Gasteiger partial charge is 0.326 e. The van der Waals surface area contributed by atoms with E-state index < -0.39 is 72.6 Å². The van der Waals surface area contributed by atoms with Gasteiger partial charge in [-0.15, -0.1) is 0 Å². The van der Waals surface area contributed by atoms with Crippen LogP contribution in [0.2, 0.25) is 0 Å². The topological polar surface area (TPSA) is 222 Å². The minimum absolute atomic E-state index is 0.122. The van der Waals surface area contributed by atoms with Crippen LogP contribution in [0.15, 0.2) is 0 Å². The number of aliphatic carboxylic acids is 2. The molecule has 0 saturated carbocycles. The minimum Gasteiger partial charge on any atom is -0.481 e. The number of nitrogens with two attached hydrogens (primary N) is 2. The van der Waals surface area contributed by atoms with Gasteiger partial charge in [0.15, 0.2) is 0 Å². The summed E-state index contributed by atoms with van der Waals surface area (Å²) in [5.74, 6) is -6.11. The predicted molar refractivity (Wildman–Crippen MR) is 95.9 cm³/mol. The van der Waals surface area contributed by atoms with Gasteiger partial charge in [-0.3, -0.25) is 24.0 Å². The van der Waals surface area contributed by atoms with Crippen molar-refractivity contribution in [1.29, 1.82) is 0 Å². The Morgan fingerprint density at radius 3 is 2.17 bits per heavy atom. The zero-order valence-corrected chi connectivity index (χ0v) is 15.8. The van der Waals surface area contributed by atoms with E-state index in [9.17, 15) is 28.8 Å². The fourth-order valence-electron chi connectivity index (χ4n) is 2.85. The van der Waals surface area contributed by atoms with E-state index in [0.717, 1.165) is 4.90 Å². The number of carbonyl (C=O) groups excluding carboxylic acids is 4. The summed E-state index contributed by atoms with van der Waals surface area (Å²) in [6.45, 7) is 1.50. The van der Waals surface area contributed by atoms with Gasteiger partial charge in [0.05, 0.1) is 18.9 Å². The van der Waals surface area contributed by atoms with E-state index in [4.69, 9.17) is 21.7 Å². The first-order chi connectivity index (χ1) is 13.4. The monoisotopic (exact) mass is 415 g/mol. The lowest BCUT2D eigenvalue weighted by Crippen LogP contribution is -2.57. The van der Waals surface area contributed by atoms with Gasteiger partial charge in [-0.2, -0.15) is 0 Å². The van der Waals surface area contributed by atoms with E-state index >= 15 is 0 Å². The fourth-order valence-corrected chi connectivity index (χ4v) is 2.85. The zero-order valence-electron chi connectivity index (χ0n) is 15.8. The Labute approximate surface area is 165 Å². The van der Waals surface area contributed by atoms with Crippen LogP contribution in [0.3, 0.4) is 0 Å². The Bertz CT molecular complexity index is 695. The average Bonchev–Trinajstić information content (AvgIpc) is 3.08. The third-order valence-corrected chi connectivity index (χ3v) is 4.27. The third-order valence-electron chi connectivity index (χ3n) is 4.27. The van der Waals surface area contributed by atoms with Crippen LogP contribution in [0.1, 0.15) is 32.6 Å². The summed E-state index contributed by atoms with van der Waals surface area (Å²) in [6.07, 6.45) is -0.748. The predicted octanol–water partition coefficient (Wildman–Crippen LogP) is -3.27. The molecule has 29 heavy (non-hydrogen) atoms. The van der Waals surface area contributed by atoms with Crippen molar-refractivity contribution in [2.24, 2.45) is 11.5 Å². The number of carboxylic acids is 2. The van der Waals surface area contributed by atoms with E-state index in [-0.39, 0.29) is 13.0 Å². The number of amides is 4. The number of nitrogens with one attached hydrogen (secondary N) is 2. The van der Waals surface area contributed by atoms with Crippen molar-refractivity contribution in [1.82, 2.24) is 15.5 Å². The number of rotatable bonds is 10. The number of carbonyl (C=O) groups is 6. The molecule has 0 radical (unpaired) electrons. The molecule has 0 aromatic heterocycles. The number of likely N-dealkylation sites (tertiary alicyclic amines) is 1. The molecule has 4 unspecified atom stereocenters. The molecule has 0 aromatic carbocycles. The lowest BCUT2D eigenvalue weighted by Gasteiger charge is -2.29. The third kappa shape index (κ3) is 7.03. The highest BCUT2D eigenvalue weighted by molar-refractivity contribution is 5.96. The SMILES string of the molecule is CC(N)C(=O)NC(CC(N)=O)C(=O)N1CCCC1C(=O)NC(CC(=O)O)C(=O)O. The molecule has 4 atom stereocenters. The summed E-state index contributed by atoms with van der Waals surface area (Å²) in [6, 6.07) is -5.05. The molecule has 0 bridgehead atoms. The van der Waals surface area contributed by atoms with Crippen molar-refractivity contribution in [2.45, 2.75) is 56.8 Å². The van der Waals surface area contributed by atoms with Crippen molar-refractivity contribution < 1.29 is 39.0 Å². The van der Waals surface area contributed by atoms with Gasteiger partial charge in [0.2, 0.25) is 23.6 Å². The number of carboxylic acid groups (broad SMARTS) is 2. The normalized spacial score (nSPS) is 19.0. The van der Waals surface area contributed by atoms with Crippen LogP contribution in [0, 0.1) is 0 Å². The van der Waals surface area contributed by atoms with Gasteiger partial charge in [-0.1, -0.05) is 0 Å². The highest BCUT2D eigenvalue weighted by Crippen LogP contribution is 2.19. The molecule has 162 valence electrons. The van der Waals surface area contributed by atoms with E-state index in [0.29, 0.717) is 6.42 Å². The average molecular weight is 415 g/mol. The molecule has 1 fully saturated rings. The lowest BCUT2D eigenvalue weighted by atomic mass is 10.1. The maximum Gasteiger partial charge on any atom is 0.326 e. The van der Waals surface area contributed by atoms with Crippen LogP contribution in [-0.2, 0) is 28.8 Å². The van der Waals surface area contributed by atoms with Crippen LogP contribution in [0.4, 0.5) is 0 Å². The molecule has 0 aromatic rings. The second-order valence-electron chi connectivity index (χ2n) is 6.71. The molecule has 13 heteroatoms. The van der Waals surface area contributed by atoms with Crippen molar-refractivity contribution in [2.75, 3.05) is 6.54 Å². The van der Waals surface area contributed by atoms with E-state index in [2.05, 4.69) is 10.6 Å². The van der Waals surface area contributed by atoms with Gasteiger partial charge in [0.25, 0.3) is 0 Å². The van der Waals surface area contributed by atoms with Gasteiger partial charge in [0.1, 0.15) is 18.1 Å². The zero-order chi connectivity index (χ0) is 22.3. The maximum absolute atomic E-state index is 12.8. The molecule has 0 aliphatic carbocycles. The first-order valence-electron chi connectivity index (χ1n) is 8.83. The standard InChI is InChI=1S/C16H25N5O8/c1-7(17)13(25)19-8(5-11(18)22)15(27)21-4-2-3-10(21)14(26)20-9(16(28)29)6-12(23)24/h7-10H,2-6,17H2,1H3,(H2,18,22)(H,19,25)(H,20,26)(H,23,24)(H,28,29). The van der Waals surface area contributed by atoms with Crippen molar-refractivity contribution in [3.63, 3.8) is 0 Å². The number of primary amides is 1. The number of hydrogen-bond donors (Lipinski definition) is 6. The van der Waals surface area contributed by atoms with Crippen LogP contribution < -0.4 is 22.1 Å². The van der Waals surface area contributed by atoms with Crippen molar-refractivity contribution in [3.05, 3.63) is 0 Å². The quantitative estimate of drug-likeness (QED) is 0.210. The molecule has 4 amide bonds. The molecular formula is C16H25N5O8. The maximum atomic E-state index is 12.8. The van der Waals surface area contributed by atoms with E-state index in [1.165, 1.54) is 6.92 Å². The molecule has 0 spiro atoms. The second kappa shape index (κ2) is 10.4. The van der Waals surface area contributed by atoms with Crippen LogP contribution in [0.25, 0.3) is 0 Å². The van der Waals surface area contributed by atoms with Gasteiger partial charge >= 0.3 is 11.9 Å². The minimum atomic E-state index is -1.67. The summed E-state index contributed by atoms with van der Waals surface area (Å²) in [5.41, 5.74) is 10.6.